The molecular formula is C10H11BrO2. The molecule has 0 atom stereocenters. The first-order valence-electron chi connectivity index (χ1n) is 4.06. The third kappa shape index (κ3) is 2.10. The predicted molar refractivity (Wildman–Crippen MR) is 55.3 cm³/mol. The van der Waals surface area contributed by atoms with Crippen molar-refractivity contribution in [3.8, 4) is 5.75 Å². The largest absolute Gasteiger partial charge is 0.495 e. The van der Waals surface area contributed by atoms with Crippen molar-refractivity contribution in [2.45, 2.75) is 13.3 Å². The van der Waals surface area contributed by atoms with Gasteiger partial charge in [-0.25, -0.2) is 0 Å². The van der Waals surface area contributed by atoms with Gasteiger partial charge < -0.3 is 4.74 Å². The van der Waals surface area contributed by atoms with E-state index in [-0.39, 0.29) is 5.78 Å². The highest BCUT2D eigenvalue weighted by atomic mass is 79.9. The Morgan fingerprint density at radius 3 is 2.77 bits per heavy atom. The van der Waals surface area contributed by atoms with Gasteiger partial charge in [-0.1, -0.05) is 13.0 Å². The Hall–Kier alpha value is -0.830. The molecule has 0 amide bonds. The molecule has 2 nitrogen and oxygen atoms in total. The Morgan fingerprint density at radius 2 is 2.23 bits per heavy atom. The first-order chi connectivity index (χ1) is 6.20. The summed E-state index contributed by atoms with van der Waals surface area (Å²) in [4.78, 5) is 11.4. The maximum Gasteiger partial charge on any atom is 0.166 e. The average molecular weight is 243 g/mol. The molecule has 1 aromatic carbocycles. The highest BCUT2D eigenvalue weighted by molar-refractivity contribution is 9.10. The van der Waals surface area contributed by atoms with E-state index in [2.05, 4.69) is 15.9 Å². The molecule has 0 fully saturated rings. The molecule has 0 saturated heterocycles. The van der Waals surface area contributed by atoms with E-state index >= 15 is 0 Å². The van der Waals surface area contributed by atoms with Crippen LogP contribution in [-0.4, -0.2) is 12.9 Å². The fourth-order valence-corrected chi connectivity index (χ4v) is 1.65. The van der Waals surface area contributed by atoms with Gasteiger partial charge in [0.15, 0.2) is 5.78 Å². The van der Waals surface area contributed by atoms with Crippen molar-refractivity contribution >= 4 is 21.7 Å². The van der Waals surface area contributed by atoms with Crippen molar-refractivity contribution in [2.75, 3.05) is 7.11 Å². The molecule has 13 heavy (non-hydrogen) atoms. The number of benzene rings is 1. The minimum Gasteiger partial charge on any atom is -0.495 e. The average Bonchev–Trinajstić information content (AvgIpc) is 2.16. The lowest BCUT2D eigenvalue weighted by Gasteiger charge is -2.07. The smallest absolute Gasteiger partial charge is 0.166 e. The Bertz CT molecular complexity index is 321. The van der Waals surface area contributed by atoms with E-state index in [9.17, 15) is 4.79 Å². The Morgan fingerprint density at radius 1 is 1.54 bits per heavy atom. The van der Waals surface area contributed by atoms with Crippen LogP contribution in [0, 0.1) is 0 Å². The zero-order chi connectivity index (χ0) is 9.84. The molecule has 70 valence electrons. The molecule has 0 spiro atoms. The topological polar surface area (TPSA) is 26.3 Å². The molecule has 0 aliphatic rings. The van der Waals surface area contributed by atoms with Crippen LogP contribution in [-0.2, 0) is 0 Å². The lowest BCUT2D eigenvalue weighted by molar-refractivity contribution is 0.0985. The highest BCUT2D eigenvalue weighted by Crippen LogP contribution is 2.29. The van der Waals surface area contributed by atoms with Gasteiger partial charge in [-0.2, -0.15) is 0 Å². The van der Waals surface area contributed by atoms with Gasteiger partial charge >= 0.3 is 0 Å². The molecule has 0 aliphatic heterocycles. The van der Waals surface area contributed by atoms with Crippen LogP contribution in [0.3, 0.4) is 0 Å². The standard InChI is InChI=1S/C10H11BrO2/c1-3-9(12)7-5-4-6-8(11)10(7)13-2/h4-6H,3H2,1-2H3. The zero-order valence-corrected chi connectivity index (χ0v) is 9.22. The maximum absolute atomic E-state index is 11.4. The van der Waals surface area contributed by atoms with Gasteiger partial charge in [0.25, 0.3) is 0 Å². The summed E-state index contributed by atoms with van der Waals surface area (Å²) in [5.74, 6) is 0.715. The first-order valence-corrected chi connectivity index (χ1v) is 4.85. The van der Waals surface area contributed by atoms with Crippen LogP contribution in [0.1, 0.15) is 23.7 Å². The molecular weight excluding hydrogens is 232 g/mol. The first kappa shape index (κ1) is 10.3. The Kier molecular flexibility index (Phi) is 3.48. The molecule has 0 bridgehead atoms. The van der Waals surface area contributed by atoms with Crippen molar-refractivity contribution in [1.29, 1.82) is 0 Å². The van der Waals surface area contributed by atoms with E-state index in [4.69, 9.17) is 4.74 Å². The summed E-state index contributed by atoms with van der Waals surface area (Å²) in [5, 5.41) is 0. The molecule has 0 aliphatic carbocycles. The molecule has 0 aromatic heterocycles. The van der Waals surface area contributed by atoms with E-state index in [1.807, 2.05) is 19.1 Å². The Labute approximate surface area is 86.0 Å². The molecule has 1 rings (SSSR count). The number of ketones is 1. The monoisotopic (exact) mass is 242 g/mol. The van der Waals surface area contributed by atoms with Gasteiger partial charge in [-0.3, -0.25) is 4.79 Å². The number of carbonyl (C=O) groups excluding carboxylic acids is 1. The number of para-hydroxylation sites is 1. The van der Waals surface area contributed by atoms with E-state index in [1.54, 1.807) is 13.2 Å². The lowest BCUT2D eigenvalue weighted by atomic mass is 10.1. The molecule has 3 heteroatoms. The van der Waals surface area contributed by atoms with E-state index in [1.165, 1.54) is 0 Å². The van der Waals surface area contributed by atoms with Crippen molar-refractivity contribution in [3.63, 3.8) is 0 Å². The predicted octanol–water partition coefficient (Wildman–Crippen LogP) is 3.05. The third-order valence-corrected chi connectivity index (χ3v) is 2.42. The number of rotatable bonds is 3. The number of hydrogen-bond donors (Lipinski definition) is 0. The maximum atomic E-state index is 11.4. The van der Waals surface area contributed by atoms with Crippen LogP contribution in [0.2, 0.25) is 0 Å². The van der Waals surface area contributed by atoms with Crippen molar-refractivity contribution in [1.82, 2.24) is 0 Å². The quantitative estimate of drug-likeness (QED) is 0.762. The van der Waals surface area contributed by atoms with Crippen LogP contribution >= 0.6 is 15.9 Å². The van der Waals surface area contributed by atoms with Gasteiger partial charge in [-0.15, -0.1) is 0 Å². The second kappa shape index (κ2) is 4.42. The Balaban J connectivity index is 3.20. The third-order valence-electron chi connectivity index (χ3n) is 1.79. The number of methoxy groups -OCH3 is 1. The number of carbonyl (C=O) groups is 1. The van der Waals surface area contributed by atoms with Crippen molar-refractivity contribution < 1.29 is 9.53 Å². The lowest BCUT2D eigenvalue weighted by Crippen LogP contribution is -2.00. The summed E-state index contributed by atoms with van der Waals surface area (Å²) < 4.78 is 5.95. The number of Topliss-reactive ketones (excluding diaryl/α,β-unsaturated/α-hetero) is 1. The summed E-state index contributed by atoms with van der Waals surface area (Å²) in [6, 6.07) is 5.45. The van der Waals surface area contributed by atoms with E-state index in [0.29, 0.717) is 17.7 Å². The van der Waals surface area contributed by atoms with E-state index < -0.39 is 0 Å². The summed E-state index contributed by atoms with van der Waals surface area (Å²) in [7, 11) is 1.56. The van der Waals surface area contributed by atoms with Crippen LogP contribution in [0.25, 0.3) is 0 Å². The molecule has 0 N–H and O–H groups in total. The molecule has 0 heterocycles. The van der Waals surface area contributed by atoms with Gasteiger partial charge in [0, 0.05) is 6.42 Å². The van der Waals surface area contributed by atoms with Gasteiger partial charge in [0.2, 0.25) is 0 Å². The second-order valence-corrected chi connectivity index (χ2v) is 3.45. The number of hydrogen-bond acceptors (Lipinski definition) is 2. The second-order valence-electron chi connectivity index (χ2n) is 2.60. The van der Waals surface area contributed by atoms with E-state index in [0.717, 1.165) is 4.47 Å². The fraction of sp³-hybridized carbons (Fsp3) is 0.300. The van der Waals surface area contributed by atoms with Gasteiger partial charge in [0.1, 0.15) is 5.75 Å². The number of halogens is 1. The van der Waals surface area contributed by atoms with Gasteiger partial charge in [0.05, 0.1) is 17.1 Å². The summed E-state index contributed by atoms with van der Waals surface area (Å²) in [6.07, 6.45) is 0.493. The normalized spacial score (nSPS) is 9.77. The van der Waals surface area contributed by atoms with Crippen LogP contribution < -0.4 is 4.74 Å². The minimum absolute atomic E-state index is 0.0955. The number of ether oxygens (including phenoxy) is 1. The molecule has 0 radical (unpaired) electrons. The summed E-state index contributed by atoms with van der Waals surface area (Å²) in [5.41, 5.74) is 0.638. The van der Waals surface area contributed by atoms with Crippen LogP contribution in [0.4, 0.5) is 0 Å². The molecule has 0 saturated carbocycles. The SMILES string of the molecule is CCC(=O)c1cccc(Br)c1OC. The minimum atomic E-state index is 0.0955. The summed E-state index contributed by atoms with van der Waals surface area (Å²) >= 11 is 3.33. The van der Waals surface area contributed by atoms with Crippen molar-refractivity contribution in [3.05, 3.63) is 28.2 Å². The van der Waals surface area contributed by atoms with Crippen molar-refractivity contribution in [2.24, 2.45) is 0 Å². The van der Waals surface area contributed by atoms with Crippen LogP contribution in [0.15, 0.2) is 22.7 Å². The van der Waals surface area contributed by atoms with Crippen LogP contribution in [0.5, 0.6) is 5.75 Å². The van der Waals surface area contributed by atoms with Gasteiger partial charge in [-0.05, 0) is 28.1 Å². The molecule has 0 unspecified atom stereocenters. The zero-order valence-electron chi connectivity index (χ0n) is 7.63. The molecule has 1 aromatic rings. The highest BCUT2D eigenvalue weighted by Gasteiger charge is 2.12. The fourth-order valence-electron chi connectivity index (χ4n) is 1.13. The summed E-state index contributed by atoms with van der Waals surface area (Å²) in [6.45, 7) is 1.84.